The highest BCUT2D eigenvalue weighted by Gasteiger charge is 2.19. The third-order valence-electron chi connectivity index (χ3n) is 3.61. The molecule has 26 heavy (non-hydrogen) atoms. The molecule has 132 valence electrons. The molecular formula is C18H17ClN6O. The maximum atomic E-state index is 12.4. The molecule has 1 atom stereocenters. The summed E-state index contributed by atoms with van der Waals surface area (Å²) < 4.78 is 1.78. The molecule has 0 aliphatic rings. The molecule has 2 heterocycles. The Morgan fingerprint density at radius 3 is 2.81 bits per heavy atom. The first-order valence-electron chi connectivity index (χ1n) is 8.04. The van der Waals surface area contributed by atoms with Gasteiger partial charge in [0.25, 0.3) is 5.91 Å². The molecule has 2 N–H and O–H groups in total. The summed E-state index contributed by atoms with van der Waals surface area (Å²) in [5.41, 5.74) is 1.86. The number of aliphatic imine (C=N–C) groups is 1. The molecular weight excluding hydrogens is 352 g/mol. The number of carbonyl (C=O) groups is 1. The van der Waals surface area contributed by atoms with Gasteiger partial charge in [0.1, 0.15) is 16.9 Å². The molecule has 1 amide bonds. The van der Waals surface area contributed by atoms with E-state index < -0.39 is 11.3 Å². The Balaban J connectivity index is 1.86. The number of fused-ring (bicyclic) bond motifs is 1. The number of nitrogens with one attached hydrogen (secondary N) is 2. The number of anilines is 1. The number of aromatic nitrogens is 3. The normalized spacial score (nSPS) is 12.8. The fraction of sp³-hybridized carbons (Fsp3) is 0.167. The number of amides is 1. The SMILES string of the molecule is CCN=C(C(=O)Nc1ccn2cc(-c3ccccc3)nc2n1)C(Cl)C=N. The molecule has 3 rings (SSSR count). The number of alkyl halides is 1. The lowest BCUT2D eigenvalue weighted by Gasteiger charge is -2.09. The van der Waals surface area contributed by atoms with E-state index in [1.807, 2.05) is 36.5 Å². The van der Waals surface area contributed by atoms with Crippen molar-refractivity contribution in [3.63, 3.8) is 0 Å². The minimum absolute atomic E-state index is 0.0826. The number of nitrogens with zero attached hydrogens (tertiary/aromatic N) is 4. The Labute approximate surface area is 155 Å². The summed E-state index contributed by atoms with van der Waals surface area (Å²) >= 11 is 5.97. The zero-order valence-electron chi connectivity index (χ0n) is 14.1. The molecule has 7 nitrogen and oxygen atoms in total. The molecule has 2 aromatic heterocycles. The second kappa shape index (κ2) is 7.88. The van der Waals surface area contributed by atoms with E-state index in [1.54, 1.807) is 23.6 Å². The second-order valence-corrected chi connectivity index (χ2v) is 5.86. The maximum Gasteiger partial charge on any atom is 0.272 e. The third-order valence-corrected chi connectivity index (χ3v) is 3.94. The van der Waals surface area contributed by atoms with Crippen LogP contribution < -0.4 is 5.32 Å². The van der Waals surface area contributed by atoms with Crippen LogP contribution in [0.4, 0.5) is 5.82 Å². The van der Waals surface area contributed by atoms with Gasteiger partial charge >= 0.3 is 0 Å². The first-order chi connectivity index (χ1) is 12.6. The van der Waals surface area contributed by atoms with Crippen LogP contribution in [0.5, 0.6) is 0 Å². The summed E-state index contributed by atoms with van der Waals surface area (Å²) in [6.45, 7) is 2.19. The van der Waals surface area contributed by atoms with Gasteiger partial charge in [0.2, 0.25) is 5.78 Å². The number of hydrogen-bond donors (Lipinski definition) is 2. The number of carbonyl (C=O) groups excluding carboxylic acids is 1. The average molecular weight is 369 g/mol. The van der Waals surface area contributed by atoms with Crippen LogP contribution in [0, 0.1) is 5.41 Å². The number of imidazole rings is 1. The molecule has 0 bridgehead atoms. The first-order valence-corrected chi connectivity index (χ1v) is 8.47. The van der Waals surface area contributed by atoms with E-state index in [1.165, 1.54) is 0 Å². The summed E-state index contributed by atoms with van der Waals surface area (Å²) in [6.07, 6.45) is 4.60. The van der Waals surface area contributed by atoms with Crippen molar-refractivity contribution < 1.29 is 4.79 Å². The molecule has 0 spiro atoms. The van der Waals surface area contributed by atoms with E-state index in [4.69, 9.17) is 17.0 Å². The Morgan fingerprint density at radius 2 is 2.12 bits per heavy atom. The van der Waals surface area contributed by atoms with E-state index in [0.29, 0.717) is 18.1 Å². The monoisotopic (exact) mass is 368 g/mol. The quantitative estimate of drug-likeness (QED) is 0.517. The lowest BCUT2D eigenvalue weighted by atomic mass is 10.2. The first kappa shape index (κ1) is 17.8. The van der Waals surface area contributed by atoms with Crippen LogP contribution in [0.3, 0.4) is 0 Å². The highest BCUT2D eigenvalue weighted by molar-refractivity contribution is 6.57. The molecule has 1 unspecified atom stereocenters. The van der Waals surface area contributed by atoms with Crippen LogP contribution in [0.1, 0.15) is 6.92 Å². The molecule has 8 heteroatoms. The average Bonchev–Trinajstić information content (AvgIpc) is 3.09. The minimum Gasteiger partial charge on any atom is -0.311 e. The lowest BCUT2D eigenvalue weighted by Crippen LogP contribution is -2.31. The standard InChI is InChI=1S/C18H17ClN6O/c1-2-21-16(13(19)10-20)17(26)23-15-8-9-25-11-14(22-18(25)24-15)12-6-4-3-5-7-12/h3-11,13,20H,2H2,1H3,(H,22,23,24,26). The van der Waals surface area contributed by atoms with Gasteiger partial charge in [0.15, 0.2) is 0 Å². The van der Waals surface area contributed by atoms with Crippen molar-refractivity contribution >= 4 is 41.0 Å². The van der Waals surface area contributed by atoms with Crippen molar-refractivity contribution in [2.75, 3.05) is 11.9 Å². The van der Waals surface area contributed by atoms with E-state index >= 15 is 0 Å². The van der Waals surface area contributed by atoms with Gasteiger partial charge in [-0.1, -0.05) is 30.3 Å². The Morgan fingerprint density at radius 1 is 1.35 bits per heavy atom. The maximum absolute atomic E-state index is 12.4. The molecule has 0 aliphatic carbocycles. The van der Waals surface area contributed by atoms with Crippen molar-refractivity contribution in [1.82, 2.24) is 14.4 Å². The predicted octanol–water partition coefficient (Wildman–Crippen LogP) is 3.05. The van der Waals surface area contributed by atoms with Crippen molar-refractivity contribution in [2.45, 2.75) is 12.3 Å². The third kappa shape index (κ3) is 3.78. The van der Waals surface area contributed by atoms with Crippen LogP contribution in [0.2, 0.25) is 0 Å². The number of benzene rings is 1. The summed E-state index contributed by atoms with van der Waals surface area (Å²) in [4.78, 5) is 25.3. The molecule has 0 radical (unpaired) electrons. The van der Waals surface area contributed by atoms with Gasteiger partial charge in [0, 0.05) is 30.7 Å². The lowest BCUT2D eigenvalue weighted by molar-refractivity contribution is -0.110. The number of hydrogen-bond acceptors (Lipinski definition) is 5. The van der Waals surface area contributed by atoms with Crippen LogP contribution in [0.15, 0.2) is 53.8 Å². The summed E-state index contributed by atoms with van der Waals surface area (Å²) in [6, 6.07) is 11.4. The van der Waals surface area contributed by atoms with Gasteiger partial charge in [-0.3, -0.25) is 14.2 Å². The van der Waals surface area contributed by atoms with Gasteiger partial charge in [-0.15, -0.1) is 11.6 Å². The van der Waals surface area contributed by atoms with E-state index in [0.717, 1.165) is 17.5 Å². The van der Waals surface area contributed by atoms with Crippen LogP contribution in [-0.2, 0) is 4.79 Å². The van der Waals surface area contributed by atoms with Crippen LogP contribution in [0.25, 0.3) is 17.0 Å². The summed E-state index contributed by atoms with van der Waals surface area (Å²) in [5.74, 6) is 0.317. The molecule has 0 saturated carbocycles. The smallest absolute Gasteiger partial charge is 0.272 e. The Hall–Kier alpha value is -3.06. The number of rotatable bonds is 6. The fourth-order valence-electron chi connectivity index (χ4n) is 2.40. The summed E-state index contributed by atoms with van der Waals surface area (Å²) in [5, 5.41) is 9.02. The fourth-order valence-corrected chi connectivity index (χ4v) is 2.57. The van der Waals surface area contributed by atoms with E-state index in [-0.39, 0.29) is 5.71 Å². The van der Waals surface area contributed by atoms with Crippen molar-refractivity contribution in [1.29, 1.82) is 5.41 Å². The summed E-state index contributed by atoms with van der Waals surface area (Å²) in [7, 11) is 0. The highest BCUT2D eigenvalue weighted by Crippen LogP contribution is 2.18. The second-order valence-electron chi connectivity index (χ2n) is 5.39. The predicted molar refractivity (Wildman–Crippen MR) is 103 cm³/mol. The van der Waals surface area contributed by atoms with Crippen molar-refractivity contribution in [3.8, 4) is 11.3 Å². The van der Waals surface area contributed by atoms with Crippen LogP contribution >= 0.6 is 11.6 Å². The molecule has 1 aromatic carbocycles. The zero-order valence-corrected chi connectivity index (χ0v) is 14.8. The molecule has 0 saturated heterocycles. The Bertz CT molecular complexity index is 966. The molecule has 3 aromatic rings. The number of halogens is 1. The Kier molecular flexibility index (Phi) is 5.38. The van der Waals surface area contributed by atoms with Gasteiger partial charge in [-0.2, -0.15) is 4.98 Å². The van der Waals surface area contributed by atoms with Gasteiger partial charge < -0.3 is 10.7 Å². The largest absolute Gasteiger partial charge is 0.311 e. The van der Waals surface area contributed by atoms with Crippen molar-refractivity contribution in [2.24, 2.45) is 4.99 Å². The van der Waals surface area contributed by atoms with Crippen LogP contribution in [-0.4, -0.2) is 44.1 Å². The molecule has 0 fully saturated rings. The van der Waals surface area contributed by atoms with E-state index in [9.17, 15) is 4.79 Å². The van der Waals surface area contributed by atoms with Gasteiger partial charge in [-0.05, 0) is 13.0 Å². The van der Waals surface area contributed by atoms with E-state index in [2.05, 4.69) is 20.3 Å². The van der Waals surface area contributed by atoms with Gasteiger partial charge in [0.05, 0.1) is 5.69 Å². The molecule has 0 aliphatic heterocycles. The minimum atomic E-state index is -0.880. The topological polar surface area (TPSA) is 95.5 Å². The van der Waals surface area contributed by atoms with Crippen molar-refractivity contribution in [3.05, 3.63) is 48.8 Å². The highest BCUT2D eigenvalue weighted by atomic mass is 35.5. The zero-order chi connectivity index (χ0) is 18.5. The van der Waals surface area contributed by atoms with Gasteiger partial charge in [-0.25, -0.2) is 4.98 Å².